The molecule has 0 spiro atoms. The van der Waals surface area contributed by atoms with Gasteiger partial charge in [-0.2, -0.15) is 0 Å². The van der Waals surface area contributed by atoms with Gasteiger partial charge in [0.2, 0.25) is 0 Å². The van der Waals surface area contributed by atoms with E-state index in [1.165, 1.54) is 41.9 Å². The van der Waals surface area contributed by atoms with E-state index in [2.05, 4.69) is 36.5 Å². The molecular weight excluding hydrogens is 226 g/mol. The van der Waals surface area contributed by atoms with Gasteiger partial charge >= 0.3 is 0 Å². The molecule has 0 unspecified atom stereocenters. The lowest BCUT2D eigenvalue weighted by atomic mass is 10.1. The number of hydrogen-bond acceptors (Lipinski definition) is 2. The molecule has 1 aliphatic rings. The summed E-state index contributed by atoms with van der Waals surface area (Å²) in [7, 11) is 0. The molecule has 0 atom stereocenters. The molecule has 1 N–H and O–H groups in total. The minimum Gasteiger partial charge on any atom is -0.313 e. The third kappa shape index (κ3) is 4.36. The molecule has 2 heteroatoms. The molecule has 1 saturated carbocycles. The van der Waals surface area contributed by atoms with Gasteiger partial charge in [0.25, 0.3) is 0 Å². The summed E-state index contributed by atoms with van der Waals surface area (Å²) in [6.07, 6.45) is 5.80. The highest BCUT2D eigenvalue weighted by atomic mass is 32.2. The van der Waals surface area contributed by atoms with Crippen molar-refractivity contribution >= 4 is 11.8 Å². The summed E-state index contributed by atoms with van der Waals surface area (Å²) in [6, 6.07) is 9.04. The van der Waals surface area contributed by atoms with E-state index in [-0.39, 0.29) is 0 Å². The second-order valence-corrected chi connectivity index (χ2v) is 5.98. The van der Waals surface area contributed by atoms with Crippen molar-refractivity contribution in [1.82, 2.24) is 5.32 Å². The first-order valence-electron chi connectivity index (χ1n) is 6.81. The van der Waals surface area contributed by atoms with Gasteiger partial charge in [0.1, 0.15) is 0 Å². The highest BCUT2D eigenvalue weighted by Crippen LogP contribution is 2.30. The summed E-state index contributed by atoms with van der Waals surface area (Å²) in [5, 5.41) is 3.35. The lowest BCUT2D eigenvalue weighted by Crippen LogP contribution is -2.11. The molecule has 1 fully saturated rings. The molecule has 1 nitrogen and oxygen atoms in total. The van der Waals surface area contributed by atoms with E-state index in [0.29, 0.717) is 0 Å². The van der Waals surface area contributed by atoms with Gasteiger partial charge in [0.15, 0.2) is 0 Å². The second kappa shape index (κ2) is 7.07. The Labute approximate surface area is 109 Å². The second-order valence-electron chi connectivity index (χ2n) is 4.89. The molecule has 0 amide bonds. The number of nitrogens with one attached hydrogen (secondary N) is 1. The molecule has 2 rings (SSSR count). The first-order chi connectivity index (χ1) is 8.38. The van der Waals surface area contributed by atoms with Crippen molar-refractivity contribution in [3.8, 4) is 0 Å². The normalized spacial score (nSPS) is 16.5. The van der Waals surface area contributed by atoms with Gasteiger partial charge in [0, 0.05) is 17.2 Å². The first-order valence-corrected chi connectivity index (χ1v) is 7.79. The Hall–Kier alpha value is -0.470. The summed E-state index contributed by atoms with van der Waals surface area (Å²) in [5.41, 5.74) is 1.39. The maximum atomic E-state index is 3.35. The molecule has 1 aromatic carbocycles. The predicted octanol–water partition coefficient (Wildman–Crippen LogP) is 4.08. The summed E-state index contributed by atoms with van der Waals surface area (Å²) in [6.45, 7) is 4.17. The van der Waals surface area contributed by atoms with Crippen molar-refractivity contribution in [2.75, 3.05) is 12.3 Å². The topological polar surface area (TPSA) is 12.0 Å². The van der Waals surface area contributed by atoms with Crippen molar-refractivity contribution in [3.05, 3.63) is 29.8 Å². The highest BCUT2D eigenvalue weighted by Gasteiger charge is 2.14. The summed E-state index contributed by atoms with van der Waals surface area (Å²) in [4.78, 5) is 1.43. The minimum atomic E-state index is 0.974. The molecule has 1 aliphatic carbocycles. The Bertz CT molecular complexity index is 314. The van der Waals surface area contributed by atoms with E-state index in [4.69, 9.17) is 0 Å². The third-order valence-corrected chi connectivity index (χ3v) is 4.71. The van der Waals surface area contributed by atoms with Crippen LogP contribution in [0.3, 0.4) is 0 Å². The lowest BCUT2D eigenvalue weighted by Gasteiger charge is -2.08. The molecule has 0 bridgehead atoms. The number of rotatable bonds is 6. The molecule has 0 radical (unpaired) electrons. The summed E-state index contributed by atoms with van der Waals surface area (Å²) in [5.74, 6) is 2.29. The van der Waals surface area contributed by atoms with Crippen LogP contribution in [0.1, 0.15) is 38.2 Å². The molecule has 0 heterocycles. The maximum Gasteiger partial charge on any atom is 0.0205 e. The van der Waals surface area contributed by atoms with E-state index in [1.54, 1.807) is 0 Å². The van der Waals surface area contributed by atoms with E-state index >= 15 is 0 Å². The number of thioether (sulfide) groups is 1. The zero-order valence-electron chi connectivity index (χ0n) is 10.7. The van der Waals surface area contributed by atoms with Crippen LogP contribution in [0, 0.1) is 5.92 Å². The molecule has 17 heavy (non-hydrogen) atoms. The van der Waals surface area contributed by atoms with Crippen LogP contribution >= 0.6 is 11.8 Å². The zero-order chi connectivity index (χ0) is 11.9. The van der Waals surface area contributed by atoms with Gasteiger partial charge in [0.05, 0.1) is 0 Å². The summed E-state index contributed by atoms with van der Waals surface area (Å²) < 4.78 is 0. The Kier molecular flexibility index (Phi) is 5.40. The quantitative estimate of drug-likeness (QED) is 0.762. The van der Waals surface area contributed by atoms with Crippen molar-refractivity contribution in [2.24, 2.45) is 5.92 Å². The molecule has 0 aromatic heterocycles. The number of benzene rings is 1. The number of hydrogen-bond donors (Lipinski definition) is 1. The van der Waals surface area contributed by atoms with Crippen molar-refractivity contribution in [3.63, 3.8) is 0 Å². The Balaban J connectivity index is 1.76. The van der Waals surface area contributed by atoms with Crippen LogP contribution in [-0.4, -0.2) is 12.3 Å². The average molecular weight is 249 g/mol. The first kappa shape index (κ1) is 13.0. The van der Waals surface area contributed by atoms with Gasteiger partial charge in [-0.3, -0.25) is 0 Å². The van der Waals surface area contributed by atoms with Crippen LogP contribution in [-0.2, 0) is 6.54 Å². The van der Waals surface area contributed by atoms with Crippen LogP contribution < -0.4 is 5.32 Å². The van der Waals surface area contributed by atoms with Gasteiger partial charge in [-0.15, -0.1) is 11.8 Å². The van der Waals surface area contributed by atoms with Crippen LogP contribution in [0.25, 0.3) is 0 Å². The van der Waals surface area contributed by atoms with Crippen molar-refractivity contribution < 1.29 is 0 Å². The van der Waals surface area contributed by atoms with E-state index in [1.807, 2.05) is 11.8 Å². The van der Waals surface area contributed by atoms with Gasteiger partial charge < -0.3 is 5.32 Å². The minimum absolute atomic E-state index is 0.974. The fourth-order valence-electron chi connectivity index (χ4n) is 2.36. The van der Waals surface area contributed by atoms with Crippen molar-refractivity contribution in [1.29, 1.82) is 0 Å². The molecule has 0 saturated heterocycles. The van der Waals surface area contributed by atoms with Gasteiger partial charge in [-0.05, 0) is 43.0 Å². The van der Waals surface area contributed by atoms with Gasteiger partial charge in [-0.1, -0.05) is 31.9 Å². The smallest absolute Gasteiger partial charge is 0.0205 e. The maximum absolute atomic E-state index is 3.35. The van der Waals surface area contributed by atoms with Crippen LogP contribution in [0.5, 0.6) is 0 Å². The average Bonchev–Trinajstić information content (AvgIpc) is 2.88. The van der Waals surface area contributed by atoms with Crippen LogP contribution in [0.15, 0.2) is 29.2 Å². The standard InChI is InChI=1S/C15H23NS/c1-2-16-11-13-7-9-15(10-8-13)17-12-14-5-3-4-6-14/h7-10,14,16H,2-6,11-12H2,1H3. The monoisotopic (exact) mass is 249 g/mol. The molecule has 1 aromatic rings. The highest BCUT2D eigenvalue weighted by molar-refractivity contribution is 7.99. The van der Waals surface area contributed by atoms with Crippen molar-refractivity contribution in [2.45, 2.75) is 44.0 Å². The van der Waals surface area contributed by atoms with Gasteiger partial charge in [-0.25, -0.2) is 0 Å². The van der Waals surface area contributed by atoms with E-state index in [0.717, 1.165) is 19.0 Å². The molecule has 94 valence electrons. The Morgan fingerprint density at radius 1 is 1.18 bits per heavy atom. The third-order valence-electron chi connectivity index (χ3n) is 3.46. The summed E-state index contributed by atoms with van der Waals surface area (Å²) >= 11 is 2.03. The lowest BCUT2D eigenvalue weighted by molar-refractivity contribution is 0.623. The Morgan fingerprint density at radius 2 is 1.88 bits per heavy atom. The molecular formula is C15H23NS. The van der Waals surface area contributed by atoms with E-state index < -0.39 is 0 Å². The predicted molar refractivity (Wildman–Crippen MR) is 76.5 cm³/mol. The zero-order valence-corrected chi connectivity index (χ0v) is 11.6. The van der Waals surface area contributed by atoms with Crippen LogP contribution in [0.4, 0.5) is 0 Å². The Morgan fingerprint density at radius 3 is 2.53 bits per heavy atom. The van der Waals surface area contributed by atoms with Crippen LogP contribution in [0.2, 0.25) is 0 Å². The SMILES string of the molecule is CCNCc1ccc(SCC2CCCC2)cc1. The van der Waals surface area contributed by atoms with E-state index in [9.17, 15) is 0 Å². The fraction of sp³-hybridized carbons (Fsp3) is 0.600. The molecule has 0 aliphatic heterocycles. The fourth-order valence-corrected chi connectivity index (χ4v) is 3.45. The largest absolute Gasteiger partial charge is 0.313 e.